The lowest BCUT2D eigenvalue weighted by atomic mass is 10.1. The Kier molecular flexibility index (Phi) is 4.66. The monoisotopic (exact) mass is 403 g/mol. The van der Waals surface area contributed by atoms with Crippen LogP contribution in [0, 0.1) is 10.5 Å². The zero-order chi connectivity index (χ0) is 14.8. The molecule has 0 aliphatic rings. The first-order chi connectivity index (χ1) is 9.44. The van der Waals surface area contributed by atoms with Gasteiger partial charge in [-0.15, -0.1) is 0 Å². The van der Waals surface area contributed by atoms with E-state index in [0.29, 0.717) is 11.3 Å². The SMILES string of the molecule is Cc1ccc(S(=O)(=O)Nc2ccccc2I)cc1CO. The molecule has 0 unspecified atom stereocenters. The minimum absolute atomic E-state index is 0.145. The van der Waals surface area contributed by atoms with E-state index in [2.05, 4.69) is 27.3 Å². The molecular formula is C14H14INO3S. The zero-order valence-electron chi connectivity index (χ0n) is 10.8. The van der Waals surface area contributed by atoms with Crippen LogP contribution in [0.1, 0.15) is 11.1 Å². The van der Waals surface area contributed by atoms with E-state index < -0.39 is 10.0 Å². The van der Waals surface area contributed by atoms with Gasteiger partial charge in [0.05, 0.1) is 17.2 Å². The normalized spacial score (nSPS) is 11.3. The predicted molar refractivity (Wildman–Crippen MR) is 87.1 cm³/mol. The Labute approximate surface area is 132 Å². The molecule has 2 aromatic carbocycles. The predicted octanol–water partition coefficient (Wildman–Crippen LogP) is 2.89. The summed E-state index contributed by atoms with van der Waals surface area (Å²) in [5.41, 5.74) is 2.01. The molecule has 0 radical (unpaired) electrons. The fraction of sp³-hybridized carbons (Fsp3) is 0.143. The quantitative estimate of drug-likeness (QED) is 0.772. The van der Waals surface area contributed by atoms with Crippen molar-refractivity contribution in [1.82, 2.24) is 0 Å². The van der Waals surface area contributed by atoms with Gasteiger partial charge in [-0.05, 0) is 64.9 Å². The summed E-state index contributed by atoms with van der Waals surface area (Å²) in [5.74, 6) is 0. The van der Waals surface area contributed by atoms with Crippen LogP contribution in [0.25, 0.3) is 0 Å². The Morgan fingerprint density at radius 3 is 2.55 bits per heavy atom. The minimum Gasteiger partial charge on any atom is -0.392 e. The molecule has 106 valence electrons. The van der Waals surface area contributed by atoms with E-state index in [9.17, 15) is 13.5 Å². The number of rotatable bonds is 4. The number of aliphatic hydroxyl groups excluding tert-OH is 1. The van der Waals surface area contributed by atoms with Crippen LogP contribution in [-0.4, -0.2) is 13.5 Å². The van der Waals surface area contributed by atoms with Crippen LogP contribution in [0.15, 0.2) is 47.4 Å². The summed E-state index contributed by atoms with van der Waals surface area (Å²) >= 11 is 2.07. The maximum Gasteiger partial charge on any atom is 0.261 e. The molecule has 20 heavy (non-hydrogen) atoms. The molecule has 0 saturated carbocycles. The lowest BCUT2D eigenvalue weighted by Gasteiger charge is -2.11. The largest absolute Gasteiger partial charge is 0.392 e. The van der Waals surface area contributed by atoms with Crippen LogP contribution in [0.3, 0.4) is 0 Å². The summed E-state index contributed by atoms with van der Waals surface area (Å²) in [7, 11) is -3.65. The van der Waals surface area contributed by atoms with E-state index in [4.69, 9.17) is 0 Å². The second-order valence-corrected chi connectivity index (χ2v) is 7.18. The van der Waals surface area contributed by atoms with Crippen molar-refractivity contribution in [3.8, 4) is 0 Å². The van der Waals surface area contributed by atoms with Gasteiger partial charge >= 0.3 is 0 Å². The molecule has 2 rings (SSSR count). The highest BCUT2D eigenvalue weighted by Crippen LogP contribution is 2.22. The molecule has 0 heterocycles. The van der Waals surface area contributed by atoms with Gasteiger partial charge in [0.25, 0.3) is 10.0 Å². The first-order valence-electron chi connectivity index (χ1n) is 5.92. The number of sulfonamides is 1. The van der Waals surface area contributed by atoms with Crippen molar-refractivity contribution in [3.05, 3.63) is 57.2 Å². The van der Waals surface area contributed by atoms with Crippen molar-refractivity contribution in [2.24, 2.45) is 0 Å². The summed E-state index contributed by atoms with van der Waals surface area (Å²) in [4.78, 5) is 0.145. The fourth-order valence-corrected chi connectivity index (χ4v) is 3.57. The number of aryl methyl sites for hydroxylation is 1. The van der Waals surface area contributed by atoms with Crippen LogP contribution in [0.5, 0.6) is 0 Å². The Balaban J connectivity index is 2.38. The first-order valence-corrected chi connectivity index (χ1v) is 8.48. The van der Waals surface area contributed by atoms with Gasteiger partial charge in [0, 0.05) is 3.57 Å². The number of aliphatic hydroxyl groups is 1. The maximum absolute atomic E-state index is 12.3. The van der Waals surface area contributed by atoms with Crippen molar-refractivity contribution < 1.29 is 13.5 Å². The lowest BCUT2D eigenvalue weighted by Crippen LogP contribution is -2.14. The van der Waals surface area contributed by atoms with Crippen molar-refractivity contribution in [3.63, 3.8) is 0 Å². The van der Waals surface area contributed by atoms with Gasteiger partial charge in [0.2, 0.25) is 0 Å². The molecule has 0 aliphatic heterocycles. The Hall–Kier alpha value is -1.12. The smallest absolute Gasteiger partial charge is 0.261 e. The number of hydrogen-bond acceptors (Lipinski definition) is 3. The molecule has 0 aromatic heterocycles. The Morgan fingerprint density at radius 1 is 1.20 bits per heavy atom. The van der Waals surface area contributed by atoms with Gasteiger partial charge in [-0.2, -0.15) is 0 Å². The van der Waals surface area contributed by atoms with E-state index in [-0.39, 0.29) is 11.5 Å². The third kappa shape index (κ3) is 3.31. The molecule has 2 N–H and O–H groups in total. The molecule has 0 spiro atoms. The summed E-state index contributed by atoms with van der Waals surface area (Å²) in [6, 6.07) is 11.9. The molecule has 0 fully saturated rings. The Morgan fingerprint density at radius 2 is 1.90 bits per heavy atom. The zero-order valence-corrected chi connectivity index (χ0v) is 13.8. The van der Waals surface area contributed by atoms with E-state index in [1.165, 1.54) is 12.1 Å². The second-order valence-electron chi connectivity index (χ2n) is 4.33. The van der Waals surface area contributed by atoms with Crippen molar-refractivity contribution >= 4 is 38.3 Å². The molecular weight excluding hydrogens is 389 g/mol. The van der Waals surface area contributed by atoms with Gasteiger partial charge in [-0.25, -0.2) is 8.42 Å². The molecule has 0 atom stereocenters. The van der Waals surface area contributed by atoms with Gasteiger partial charge < -0.3 is 5.11 Å². The first kappa shape index (κ1) is 15.3. The van der Waals surface area contributed by atoms with Crippen molar-refractivity contribution in [2.45, 2.75) is 18.4 Å². The maximum atomic E-state index is 12.3. The number of para-hydroxylation sites is 1. The molecule has 2 aromatic rings. The van der Waals surface area contributed by atoms with Crippen molar-refractivity contribution in [1.29, 1.82) is 0 Å². The van der Waals surface area contributed by atoms with E-state index in [1.807, 2.05) is 19.1 Å². The van der Waals surface area contributed by atoms with Crippen LogP contribution in [0.2, 0.25) is 0 Å². The van der Waals surface area contributed by atoms with Gasteiger partial charge in [-0.3, -0.25) is 4.72 Å². The van der Waals surface area contributed by atoms with E-state index >= 15 is 0 Å². The third-order valence-electron chi connectivity index (χ3n) is 2.92. The summed E-state index contributed by atoms with van der Waals surface area (Å²) in [6.45, 7) is 1.65. The topological polar surface area (TPSA) is 66.4 Å². The highest BCUT2D eigenvalue weighted by Gasteiger charge is 2.16. The highest BCUT2D eigenvalue weighted by molar-refractivity contribution is 14.1. The van der Waals surface area contributed by atoms with E-state index in [0.717, 1.165) is 9.13 Å². The highest BCUT2D eigenvalue weighted by atomic mass is 127. The van der Waals surface area contributed by atoms with Crippen LogP contribution >= 0.6 is 22.6 Å². The Bertz CT molecular complexity index is 729. The molecule has 0 bridgehead atoms. The molecule has 6 heteroatoms. The standard InChI is InChI=1S/C14H14INO3S/c1-10-6-7-12(8-11(10)9-17)20(18,19)16-14-5-3-2-4-13(14)15/h2-8,16-17H,9H2,1H3. The van der Waals surface area contributed by atoms with Gasteiger partial charge in [-0.1, -0.05) is 18.2 Å². The molecule has 0 saturated heterocycles. The van der Waals surface area contributed by atoms with Crippen LogP contribution in [-0.2, 0) is 16.6 Å². The number of anilines is 1. The number of nitrogens with one attached hydrogen (secondary N) is 1. The summed E-state index contributed by atoms with van der Waals surface area (Å²) in [6.07, 6.45) is 0. The average molecular weight is 403 g/mol. The van der Waals surface area contributed by atoms with Gasteiger partial charge in [0.1, 0.15) is 0 Å². The third-order valence-corrected chi connectivity index (χ3v) is 5.22. The van der Waals surface area contributed by atoms with Gasteiger partial charge in [0.15, 0.2) is 0 Å². The minimum atomic E-state index is -3.65. The van der Waals surface area contributed by atoms with Crippen LogP contribution < -0.4 is 4.72 Å². The number of benzene rings is 2. The number of halogens is 1. The van der Waals surface area contributed by atoms with E-state index in [1.54, 1.807) is 18.2 Å². The summed E-state index contributed by atoms with van der Waals surface area (Å²) in [5, 5.41) is 9.23. The lowest BCUT2D eigenvalue weighted by molar-refractivity contribution is 0.281. The number of hydrogen-bond donors (Lipinski definition) is 2. The van der Waals surface area contributed by atoms with Crippen LogP contribution in [0.4, 0.5) is 5.69 Å². The second kappa shape index (κ2) is 6.11. The fourth-order valence-electron chi connectivity index (χ4n) is 1.73. The average Bonchev–Trinajstić information content (AvgIpc) is 2.41. The van der Waals surface area contributed by atoms with Crippen molar-refractivity contribution in [2.75, 3.05) is 4.72 Å². The molecule has 0 amide bonds. The molecule has 4 nitrogen and oxygen atoms in total. The summed E-state index contributed by atoms with van der Waals surface area (Å²) < 4.78 is 28.1. The molecule has 0 aliphatic carbocycles.